The number of anilines is 1. The van der Waals surface area contributed by atoms with Gasteiger partial charge >= 0.3 is 0 Å². The Labute approximate surface area is 114 Å². The van der Waals surface area contributed by atoms with Crippen LogP contribution >= 0.6 is 0 Å². The third-order valence-electron chi connectivity index (χ3n) is 3.10. The van der Waals surface area contributed by atoms with Crippen LogP contribution < -0.4 is 5.73 Å². The number of aromatic nitrogens is 2. The summed E-state index contributed by atoms with van der Waals surface area (Å²) in [5.41, 5.74) is 7.42. The summed E-state index contributed by atoms with van der Waals surface area (Å²) in [6.07, 6.45) is 0. The molecule has 0 saturated heterocycles. The van der Waals surface area contributed by atoms with Crippen molar-refractivity contribution in [3.63, 3.8) is 0 Å². The minimum absolute atomic E-state index is 0.270. The molecular weight excluding hydrogens is 260 g/mol. The van der Waals surface area contributed by atoms with Gasteiger partial charge in [0.2, 0.25) is 0 Å². The van der Waals surface area contributed by atoms with E-state index < -0.39 is 5.82 Å². The van der Waals surface area contributed by atoms with E-state index in [4.69, 9.17) is 5.73 Å². The zero-order valence-corrected chi connectivity index (χ0v) is 10.7. The summed E-state index contributed by atoms with van der Waals surface area (Å²) < 4.78 is 26.6. The van der Waals surface area contributed by atoms with Gasteiger partial charge in [0.1, 0.15) is 17.5 Å². The molecule has 100 valence electrons. The van der Waals surface area contributed by atoms with E-state index in [1.54, 1.807) is 25.1 Å². The van der Waals surface area contributed by atoms with Crippen molar-refractivity contribution in [1.29, 1.82) is 0 Å². The number of benzene rings is 2. The molecule has 0 unspecified atom stereocenters. The average molecular weight is 271 g/mol. The predicted molar refractivity (Wildman–Crippen MR) is 74.0 cm³/mol. The van der Waals surface area contributed by atoms with Gasteiger partial charge in [-0.15, -0.1) is 0 Å². The van der Waals surface area contributed by atoms with Crippen LogP contribution in [0.25, 0.3) is 22.3 Å². The highest BCUT2D eigenvalue weighted by atomic mass is 19.1. The highest BCUT2D eigenvalue weighted by Gasteiger charge is 2.09. The lowest BCUT2D eigenvalue weighted by Crippen LogP contribution is -1.98. The Morgan fingerprint density at radius 1 is 1.00 bits per heavy atom. The average Bonchev–Trinajstić information content (AvgIpc) is 2.41. The van der Waals surface area contributed by atoms with Gasteiger partial charge in [-0.2, -0.15) is 0 Å². The highest BCUT2D eigenvalue weighted by Crippen LogP contribution is 2.24. The first-order valence-corrected chi connectivity index (χ1v) is 6.04. The summed E-state index contributed by atoms with van der Waals surface area (Å²) in [5.74, 6) is -0.0685. The lowest BCUT2D eigenvalue weighted by Gasteiger charge is -2.06. The SMILES string of the molecule is Cc1cc(-c2nc(N)c3ccc(F)cc3n2)ccc1F. The lowest BCUT2D eigenvalue weighted by atomic mass is 10.1. The summed E-state index contributed by atoms with van der Waals surface area (Å²) in [6, 6.07) is 8.70. The second-order valence-corrected chi connectivity index (χ2v) is 4.56. The van der Waals surface area contributed by atoms with Gasteiger partial charge in [0.25, 0.3) is 0 Å². The fourth-order valence-electron chi connectivity index (χ4n) is 2.04. The number of hydrogen-bond donors (Lipinski definition) is 1. The van der Waals surface area contributed by atoms with Gasteiger partial charge in [-0.3, -0.25) is 0 Å². The molecule has 0 fully saturated rings. The molecule has 5 heteroatoms. The van der Waals surface area contributed by atoms with Crippen LogP contribution in [0, 0.1) is 18.6 Å². The molecule has 0 aliphatic rings. The smallest absolute Gasteiger partial charge is 0.162 e. The van der Waals surface area contributed by atoms with Crippen LogP contribution in [0.15, 0.2) is 36.4 Å². The number of rotatable bonds is 1. The van der Waals surface area contributed by atoms with Crippen molar-refractivity contribution >= 4 is 16.7 Å². The zero-order valence-electron chi connectivity index (χ0n) is 10.7. The predicted octanol–water partition coefficient (Wildman–Crippen LogP) is 3.47. The number of aryl methyl sites for hydroxylation is 1. The maximum Gasteiger partial charge on any atom is 0.162 e. The topological polar surface area (TPSA) is 51.8 Å². The van der Waals surface area contributed by atoms with Crippen molar-refractivity contribution in [2.45, 2.75) is 6.92 Å². The van der Waals surface area contributed by atoms with Crippen molar-refractivity contribution in [1.82, 2.24) is 9.97 Å². The first-order chi connectivity index (χ1) is 9.54. The van der Waals surface area contributed by atoms with Crippen LogP contribution in [0.5, 0.6) is 0 Å². The Hall–Kier alpha value is -2.56. The van der Waals surface area contributed by atoms with E-state index >= 15 is 0 Å². The Bertz CT molecular complexity index is 816. The van der Waals surface area contributed by atoms with E-state index in [1.807, 2.05) is 0 Å². The number of nitrogens with two attached hydrogens (primary N) is 1. The van der Waals surface area contributed by atoms with Crippen LogP contribution in [0.1, 0.15) is 5.56 Å². The molecule has 2 aromatic carbocycles. The van der Waals surface area contributed by atoms with Gasteiger partial charge in [0.05, 0.1) is 5.52 Å². The molecular formula is C15H11F2N3. The summed E-state index contributed by atoms with van der Waals surface area (Å²) in [6.45, 7) is 1.66. The molecule has 0 saturated carbocycles. The van der Waals surface area contributed by atoms with Gasteiger partial charge in [-0.05, 0) is 42.8 Å². The molecule has 2 N–H and O–H groups in total. The minimum Gasteiger partial charge on any atom is -0.383 e. The summed E-state index contributed by atoms with van der Waals surface area (Å²) >= 11 is 0. The maximum absolute atomic E-state index is 13.3. The van der Waals surface area contributed by atoms with Crippen LogP contribution in [-0.4, -0.2) is 9.97 Å². The second-order valence-electron chi connectivity index (χ2n) is 4.56. The van der Waals surface area contributed by atoms with Crippen LogP contribution in [0.3, 0.4) is 0 Å². The Morgan fingerprint density at radius 3 is 2.55 bits per heavy atom. The molecule has 0 atom stereocenters. The first-order valence-electron chi connectivity index (χ1n) is 6.04. The van der Waals surface area contributed by atoms with Gasteiger partial charge < -0.3 is 5.73 Å². The molecule has 0 amide bonds. The van der Waals surface area contributed by atoms with Crippen molar-refractivity contribution in [2.24, 2.45) is 0 Å². The lowest BCUT2D eigenvalue weighted by molar-refractivity contribution is 0.618. The molecule has 0 radical (unpaired) electrons. The zero-order chi connectivity index (χ0) is 14.3. The molecule has 3 nitrogen and oxygen atoms in total. The molecule has 20 heavy (non-hydrogen) atoms. The number of nitrogen functional groups attached to an aromatic ring is 1. The van der Waals surface area contributed by atoms with E-state index in [1.165, 1.54) is 18.2 Å². The van der Waals surface area contributed by atoms with Gasteiger partial charge in [0.15, 0.2) is 5.82 Å². The fourth-order valence-corrected chi connectivity index (χ4v) is 2.04. The van der Waals surface area contributed by atoms with E-state index in [2.05, 4.69) is 9.97 Å². The largest absolute Gasteiger partial charge is 0.383 e. The monoisotopic (exact) mass is 271 g/mol. The van der Waals surface area contributed by atoms with E-state index in [0.717, 1.165) is 0 Å². The maximum atomic E-state index is 13.3. The molecule has 0 aliphatic heterocycles. The standard InChI is InChI=1S/C15H11F2N3/c1-8-6-9(2-5-12(8)17)15-19-13-7-10(16)3-4-11(13)14(18)20-15/h2-7H,1H3,(H2,18,19,20). The molecule has 3 aromatic rings. The molecule has 3 rings (SSSR count). The van der Waals surface area contributed by atoms with Crippen molar-refractivity contribution in [3.8, 4) is 11.4 Å². The van der Waals surface area contributed by atoms with E-state index in [-0.39, 0.29) is 11.6 Å². The molecule has 1 aromatic heterocycles. The number of halogens is 2. The van der Waals surface area contributed by atoms with Crippen LogP contribution in [-0.2, 0) is 0 Å². The normalized spacial score (nSPS) is 10.9. The highest BCUT2D eigenvalue weighted by molar-refractivity contribution is 5.89. The molecule has 0 aliphatic carbocycles. The van der Waals surface area contributed by atoms with E-state index in [9.17, 15) is 8.78 Å². The minimum atomic E-state index is -0.392. The van der Waals surface area contributed by atoms with Crippen molar-refractivity contribution in [3.05, 3.63) is 53.6 Å². The first kappa shape index (κ1) is 12.5. The van der Waals surface area contributed by atoms with Crippen LogP contribution in [0.4, 0.5) is 14.6 Å². The third-order valence-corrected chi connectivity index (χ3v) is 3.10. The summed E-state index contributed by atoms with van der Waals surface area (Å²) in [4.78, 5) is 8.48. The number of hydrogen-bond acceptors (Lipinski definition) is 3. The Kier molecular flexibility index (Phi) is 2.82. The van der Waals surface area contributed by atoms with Crippen molar-refractivity contribution < 1.29 is 8.78 Å². The molecule has 0 spiro atoms. The molecule has 1 heterocycles. The van der Waals surface area contributed by atoms with Crippen molar-refractivity contribution in [2.75, 3.05) is 5.73 Å². The quantitative estimate of drug-likeness (QED) is 0.737. The fraction of sp³-hybridized carbons (Fsp3) is 0.0667. The molecule has 0 bridgehead atoms. The summed E-state index contributed by atoms with van der Waals surface area (Å²) in [5, 5.41) is 0.592. The second kappa shape index (κ2) is 4.52. The Balaban J connectivity index is 2.23. The van der Waals surface area contributed by atoms with E-state index in [0.29, 0.717) is 27.9 Å². The van der Waals surface area contributed by atoms with Gasteiger partial charge in [0, 0.05) is 17.0 Å². The third kappa shape index (κ3) is 2.07. The van der Waals surface area contributed by atoms with Gasteiger partial charge in [-0.1, -0.05) is 0 Å². The Morgan fingerprint density at radius 2 is 1.80 bits per heavy atom. The number of fused-ring (bicyclic) bond motifs is 1. The summed E-state index contributed by atoms with van der Waals surface area (Å²) in [7, 11) is 0. The van der Waals surface area contributed by atoms with Gasteiger partial charge in [-0.25, -0.2) is 18.7 Å². The number of nitrogens with zero attached hydrogens (tertiary/aromatic N) is 2. The van der Waals surface area contributed by atoms with Crippen LogP contribution in [0.2, 0.25) is 0 Å².